The van der Waals surface area contributed by atoms with E-state index in [2.05, 4.69) is 43.0 Å². The van der Waals surface area contributed by atoms with Crippen molar-refractivity contribution in [1.29, 1.82) is 0 Å². The van der Waals surface area contributed by atoms with Crippen LogP contribution >= 0.6 is 0 Å². The topological polar surface area (TPSA) is 9.23 Å². The Morgan fingerprint density at radius 3 is 2.47 bits per heavy atom. The fraction of sp³-hybridized carbons (Fsp3) is 0.286. The molecule has 0 amide bonds. The molecule has 15 heavy (non-hydrogen) atoms. The lowest BCUT2D eigenvalue weighted by molar-refractivity contribution is -0.0256. The van der Waals surface area contributed by atoms with Crippen molar-refractivity contribution in [2.75, 3.05) is 6.61 Å². The molecule has 0 aromatic heterocycles. The molecule has 1 aromatic rings. The van der Waals surface area contributed by atoms with Crippen LogP contribution in [-0.2, 0) is 10.3 Å². The predicted molar refractivity (Wildman–Crippen MR) is 62.6 cm³/mol. The van der Waals surface area contributed by atoms with Crippen LogP contribution in [0.4, 0.5) is 0 Å². The van der Waals surface area contributed by atoms with Crippen LogP contribution in [-0.4, -0.2) is 6.61 Å². The maximum atomic E-state index is 5.95. The minimum absolute atomic E-state index is 0.143. The van der Waals surface area contributed by atoms with E-state index in [9.17, 15) is 0 Å². The molecule has 1 aromatic carbocycles. The molecule has 0 bridgehead atoms. The highest BCUT2D eigenvalue weighted by atomic mass is 16.5. The molecule has 0 atom stereocenters. The molecule has 0 saturated heterocycles. The summed E-state index contributed by atoms with van der Waals surface area (Å²) < 4.78 is 5.95. The smallest absolute Gasteiger partial charge is 0.100 e. The van der Waals surface area contributed by atoms with Crippen molar-refractivity contribution in [3.63, 3.8) is 0 Å². The number of benzene rings is 1. The minimum atomic E-state index is -0.143. The first-order chi connectivity index (χ1) is 7.37. The number of ether oxygens (including phenoxy) is 1. The average molecular weight is 200 g/mol. The van der Waals surface area contributed by atoms with Gasteiger partial charge in [0.25, 0.3) is 0 Å². The average Bonchev–Trinajstić information content (AvgIpc) is 2.78. The van der Waals surface area contributed by atoms with Crippen LogP contribution < -0.4 is 0 Å². The van der Waals surface area contributed by atoms with E-state index >= 15 is 0 Å². The number of hydrogen-bond donors (Lipinski definition) is 0. The van der Waals surface area contributed by atoms with Gasteiger partial charge < -0.3 is 4.74 Å². The molecule has 0 fully saturated rings. The third-order valence-corrected chi connectivity index (χ3v) is 2.84. The number of hydrogen-bond acceptors (Lipinski definition) is 1. The Morgan fingerprint density at radius 1 is 1.20 bits per heavy atom. The van der Waals surface area contributed by atoms with Crippen molar-refractivity contribution in [1.82, 2.24) is 0 Å². The van der Waals surface area contributed by atoms with Crippen molar-refractivity contribution >= 4 is 0 Å². The van der Waals surface area contributed by atoms with Gasteiger partial charge in [-0.1, -0.05) is 48.6 Å². The van der Waals surface area contributed by atoms with Crippen LogP contribution in [0, 0.1) is 0 Å². The first-order valence-corrected chi connectivity index (χ1v) is 5.33. The summed E-state index contributed by atoms with van der Waals surface area (Å²) in [5.41, 5.74) is 1.12. The monoisotopic (exact) mass is 200 g/mol. The van der Waals surface area contributed by atoms with Crippen molar-refractivity contribution in [2.45, 2.75) is 18.4 Å². The van der Waals surface area contributed by atoms with Crippen LogP contribution in [0.1, 0.15) is 18.4 Å². The van der Waals surface area contributed by atoms with Crippen molar-refractivity contribution < 1.29 is 4.74 Å². The molecule has 1 heteroatoms. The third-order valence-electron chi connectivity index (χ3n) is 2.84. The number of rotatable bonds is 4. The van der Waals surface area contributed by atoms with Crippen LogP contribution in [0.25, 0.3) is 0 Å². The van der Waals surface area contributed by atoms with E-state index < -0.39 is 0 Å². The molecule has 0 spiro atoms. The fourth-order valence-corrected chi connectivity index (χ4v) is 2.03. The standard InChI is InChI=1S/C14H16O/c1-2-12-15-14(10-6-7-11-14)13-8-4-3-5-9-13/h2-9H,1,10-12H2. The summed E-state index contributed by atoms with van der Waals surface area (Å²) in [5, 5.41) is 0. The van der Waals surface area contributed by atoms with Crippen LogP contribution in [0.3, 0.4) is 0 Å². The second kappa shape index (κ2) is 4.45. The fourth-order valence-electron chi connectivity index (χ4n) is 2.03. The molecule has 0 N–H and O–H groups in total. The highest BCUT2D eigenvalue weighted by Gasteiger charge is 2.33. The zero-order chi connectivity index (χ0) is 10.6. The SMILES string of the molecule is C=CCOC1(c2ccccc2)CC=CC1. The summed E-state index contributed by atoms with van der Waals surface area (Å²) in [6.45, 7) is 4.31. The zero-order valence-electron chi connectivity index (χ0n) is 8.86. The van der Waals surface area contributed by atoms with E-state index in [1.807, 2.05) is 12.1 Å². The summed E-state index contributed by atoms with van der Waals surface area (Å²) in [7, 11) is 0. The van der Waals surface area contributed by atoms with E-state index in [-0.39, 0.29) is 5.60 Å². The van der Waals surface area contributed by atoms with Gasteiger partial charge in [0.15, 0.2) is 0 Å². The summed E-state index contributed by atoms with van der Waals surface area (Å²) >= 11 is 0. The lowest BCUT2D eigenvalue weighted by Gasteiger charge is -2.29. The first-order valence-electron chi connectivity index (χ1n) is 5.33. The van der Waals surface area contributed by atoms with E-state index in [0.29, 0.717) is 6.61 Å². The molecular weight excluding hydrogens is 184 g/mol. The van der Waals surface area contributed by atoms with E-state index in [1.54, 1.807) is 0 Å². The molecule has 1 aliphatic carbocycles. The summed E-state index contributed by atoms with van der Waals surface area (Å²) in [5.74, 6) is 0. The van der Waals surface area contributed by atoms with E-state index in [4.69, 9.17) is 4.74 Å². The van der Waals surface area contributed by atoms with Crippen molar-refractivity contribution in [3.8, 4) is 0 Å². The molecule has 0 unspecified atom stereocenters. The van der Waals surface area contributed by atoms with Gasteiger partial charge in [-0.15, -0.1) is 6.58 Å². The molecule has 0 saturated carbocycles. The van der Waals surface area contributed by atoms with Gasteiger partial charge >= 0.3 is 0 Å². The molecule has 78 valence electrons. The lowest BCUT2D eigenvalue weighted by Crippen LogP contribution is -2.26. The molecule has 0 aliphatic heterocycles. The van der Waals surface area contributed by atoms with Gasteiger partial charge in [-0.3, -0.25) is 0 Å². The van der Waals surface area contributed by atoms with Gasteiger partial charge in [0.05, 0.1) is 6.61 Å². The molecule has 1 aliphatic rings. The van der Waals surface area contributed by atoms with Gasteiger partial charge in [-0.25, -0.2) is 0 Å². The van der Waals surface area contributed by atoms with Gasteiger partial charge in [0.2, 0.25) is 0 Å². The Bertz CT molecular complexity index is 343. The maximum absolute atomic E-state index is 5.95. The zero-order valence-corrected chi connectivity index (χ0v) is 8.86. The van der Waals surface area contributed by atoms with E-state index in [1.165, 1.54) is 5.56 Å². The first kappa shape index (κ1) is 10.2. The van der Waals surface area contributed by atoms with Crippen LogP contribution in [0.5, 0.6) is 0 Å². The Balaban J connectivity index is 2.23. The molecule has 1 nitrogen and oxygen atoms in total. The Morgan fingerprint density at radius 2 is 1.87 bits per heavy atom. The van der Waals surface area contributed by atoms with Crippen molar-refractivity contribution in [2.24, 2.45) is 0 Å². The van der Waals surface area contributed by atoms with Gasteiger partial charge in [0.1, 0.15) is 5.60 Å². The largest absolute Gasteiger partial charge is 0.366 e. The van der Waals surface area contributed by atoms with Gasteiger partial charge in [-0.05, 0) is 18.4 Å². The normalized spacial score (nSPS) is 17.9. The van der Waals surface area contributed by atoms with Gasteiger partial charge in [0, 0.05) is 0 Å². The molecule has 0 radical (unpaired) electrons. The van der Waals surface area contributed by atoms with Crippen molar-refractivity contribution in [3.05, 3.63) is 60.7 Å². The van der Waals surface area contributed by atoms with Crippen LogP contribution in [0.2, 0.25) is 0 Å². The maximum Gasteiger partial charge on any atom is 0.100 e. The van der Waals surface area contributed by atoms with Gasteiger partial charge in [-0.2, -0.15) is 0 Å². The third kappa shape index (κ3) is 2.02. The summed E-state index contributed by atoms with van der Waals surface area (Å²) in [6.07, 6.45) is 8.12. The Hall–Kier alpha value is -1.34. The van der Waals surface area contributed by atoms with Crippen LogP contribution in [0.15, 0.2) is 55.1 Å². The minimum Gasteiger partial charge on any atom is -0.366 e. The quantitative estimate of drug-likeness (QED) is 0.676. The summed E-state index contributed by atoms with van der Waals surface area (Å²) in [4.78, 5) is 0. The molecular formula is C14H16O. The lowest BCUT2D eigenvalue weighted by atomic mass is 9.91. The molecule has 2 rings (SSSR count). The Kier molecular flexibility index (Phi) is 3.02. The summed E-state index contributed by atoms with van der Waals surface area (Å²) in [6, 6.07) is 10.4. The predicted octanol–water partition coefficient (Wildman–Crippen LogP) is 3.43. The highest BCUT2D eigenvalue weighted by Crippen LogP contribution is 2.38. The second-order valence-electron chi connectivity index (χ2n) is 3.84. The highest BCUT2D eigenvalue weighted by molar-refractivity contribution is 5.27. The Labute approximate surface area is 91.1 Å². The molecule has 0 heterocycles. The van der Waals surface area contributed by atoms with E-state index in [0.717, 1.165) is 12.8 Å². The second-order valence-corrected chi connectivity index (χ2v) is 3.84.